The molecule has 0 atom stereocenters. The number of nitrogens with one attached hydrogen (secondary N) is 1. The fourth-order valence-electron chi connectivity index (χ4n) is 2.15. The molecule has 0 saturated heterocycles. The van der Waals surface area contributed by atoms with E-state index in [1.807, 2.05) is 56.3 Å². The number of carbonyl (C=O) groups excluding carboxylic acids is 1. The minimum Gasteiger partial charge on any atom is -0.487 e. The number of anilines is 1. The lowest BCUT2D eigenvalue weighted by molar-refractivity contribution is -0.105. The Morgan fingerprint density at radius 1 is 1.12 bits per heavy atom. The number of unbranched alkanes of at least 4 members (excludes halogenated alkanes) is 1. The van der Waals surface area contributed by atoms with Crippen molar-refractivity contribution in [2.75, 3.05) is 5.32 Å². The van der Waals surface area contributed by atoms with Crippen molar-refractivity contribution in [1.82, 2.24) is 0 Å². The summed E-state index contributed by atoms with van der Waals surface area (Å²) in [5.74, 6) is 0.700. The number of amides is 1. The average molecular weight is 342 g/mol. The first-order valence-corrected chi connectivity index (χ1v) is 8.82. The lowest BCUT2D eigenvalue weighted by Gasteiger charge is -2.12. The number of carbonyl (C=O) groups is 1. The van der Waals surface area contributed by atoms with Crippen LogP contribution in [0.1, 0.15) is 44.7 Å². The molecule has 0 radical (unpaired) electrons. The molecule has 4 heteroatoms. The Kier molecular flexibility index (Phi) is 10.0. The van der Waals surface area contributed by atoms with Gasteiger partial charge in [0.1, 0.15) is 12.4 Å². The minimum absolute atomic E-state index is 0.333. The van der Waals surface area contributed by atoms with E-state index in [1.165, 1.54) is 5.56 Å². The second kappa shape index (κ2) is 12.1. The van der Waals surface area contributed by atoms with Crippen LogP contribution in [0.4, 0.5) is 5.69 Å². The number of hydrogen-bond acceptors (Lipinski definition) is 3. The molecule has 4 nitrogen and oxygen atoms in total. The molecule has 2 aromatic rings. The molecule has 0 aliphatic heterocycles. The zero-order chi connectivity index (χ0) is 18.5. The maximum atomic E-state index is 10.8. The molecule has 25 heavy (non-hydrogen) atoms. The summed E-state index contributed by atoms with van der Waals surface area (Å²) in [4.78, 5) is 10.8. The van der Waals surface area contributed by atoms with Gasteiger partial charge in [0.05, 0.1) is 5.69 Å². The van der Waals surface area contributed by atoms with Crippen LogP contribution in [0, 0.1) is 0 Å². The molecular weight excluding hydrogens is 312 g/mol. The van der Waals surface area contributed by atoms with Gasteiger partial charge in [-0.25, -0.2) is 0 Å². The molecule has 0 heterocycles. The Balaban J connectivity index is 0.000000705. The van der Waals surface area contributed by atoms with Crippen LogP contribution in [-0.2, 0) is 17.8 Å². The van der Waals surface area contributed by atoms with E-state index >= 15 is 0 Å². The van der Waals surface area contributed by atoms with Crippen LogP contribution in [0.25, 0.3) is 0 Å². The van der Waals surface area contributed by atoms with Crippen LogP contribution in [0.2, 0.25) is 0 Å². The maximum absolute atomic E-state index is 10.8. The Morgan fingerprint density at radius 3 is 2.40 bits per heavy atom. The Labute approximate surface area is 151 Å². The van der Waals surface area contributed by atoms with Crippen LogP contribution in [-0.4, -0.2) is 12.5 Å². The smallest absolute Gasteiger partial charge is 0.211 e. The van der Waals surface area contributed by atoms with E-state index < -0.39 is 0 Å². The fourth-order valence-corrected chi connectivity index (χ4v) is 2.15. The van der Waals surface area contributed by atoms with E-state index in [0.29, 0.717) is 24.8 Å². The third kappa shape index (κ3) is 8.91. The molecular formula is C21H30N2O2. The zero-order valence-corrected chi connectivity index (χ0v) is 15.5. The van der Waals surface area contributed by atoms with Gasteiger partial charge in [-0.15, -0.1) is 0 Å². The first-order valence-electron chi connectivity index (χ1n) is 8.82. The summed E-state index contributed by atoms with van der Waals surface area (Å²) in [6, 6.07) is 16.3. The van der Waals surface area contributed by atoms with Crippen molar-refractivity contribution in [2.24, 2.45) is 5.73 Å². The van der Waals surface area contributed by atoms with Gasteiger partial charge < -0.3 is 15.8 Å². The normalized spacial score (nSPS) is 9.96. The molecule has 3 N–H and O–H groups in total. The van der Waals surface area contributed by atoms with Crippen molar-refractivity contribution in [3.63, 3.8) is 0 Å². The second-order valence-corrected chi connectivity index (χ2v) is 6.21. The van der Waals surface area contributed by atoms with Crippen LogP contribution >= 0.6 is 0 Å². The second-order valence-electron chi connectivity index (χ2n) is 6.21. The number of rotatable bonds is 8. The van der Waals surface area contributed by atoms with Crippen LogP contribution in [0.3, 0.4) is 0 Å². The molecule has 0 bridgehead atoms. The van der Waals surface area contributed by atoms with Gasteiger partial charge in [-0.2, -0.15) is 0 Å². The maximum Gasteiger partial charge on any atom is 0.211 e. The van der Waals surface area contributed by atoms with E-state index in [9.17, 15) is 4.79 Å². The van der Waals surface area contributed by atoms with Crippen molar-refractivity contribution in [1.29, 1.82) is 0 Å². The van der Waals surface area contributed by atoms with Crippen molar-refractivity contribution in [3.05, 3.63) is 59.7 Å². The molecule has 2 rings (SSSR count). The molecule has 0 unspecified atom stereocenters. The Hall–Kier alpha value is -2.33. The number of nitrogens with two attached hydrogens (primary N) is 1. The number of hydrogen-bond donors (Lipinski definition) is 2. The third-order valence-electron chi connectivity index (χ3n) is 3.31. The lowest BCUT2D eigenvalue weighted by atomic mass is 10.1. The largest absolute Gasteiger partial charge is 0.487 e. The van der Waals surface area contributed by atoms with Gasteiger partial charge in [0.2, 0.25) is 6.41 Å². The van der Waals surface area contributed by atoms with Crippen molar-refractivity contribution < 1.29 is 9.53 Å². The molecule has 136 valence electrons. The summed E-state index contributed by atoms with van der Waals surface area (Å²) < 4.78 is 5.81. The van der Waals surface area contributed by atoms with Crippen LogP contribution < -0.4 is 15.8 Å². The SMILES string of the molecule is CC(C)N.CCCCc1ccc(OCc2ccccc2)c(NC=O)c1. The number of aryl methyl sites for hydroxylation is 1. The average Bonchev–Trinajstić information content (AvgIpc) is 2.60. The lowest BCUT2D eigenvalue weighted by Crippen LogP contribution is -2.06. The summed E-state index contributed by atoms with van der Waals surface area (Å²) >= 11 is 0. The van der Waals surface area contributed by atoms with Gasteiger partial charge in [-0.1, -0.05) is 63.6 Å². The highest BCUT2D eigenvalue weighted by Gasteiger charge is 2.05. The highest BCUT2D eigenvalue weighted by atomic mass is 16.5. The minimum atomic E-state index is 0.333. The predicted molar refractivity (Wildman–Crippen MR) is 105 cm³/mol. The molecule has 1 amide bonds. The molecule has 0 spiro atoms. The molecule has 0 aliphatic rings. The van der Waals surface area contributed by atoms with Crippen LogP contribution in [0.15, 0.2) is 48.5 Å². The number of benzene rings is 2. The molecule has 0 aromatic heterocycles. The Bertz CT molecular complexity index is 610. The van der Waals surface area contributed by atoms with Gasteiger partial charge in [-0.3, -0.25) is 4.79 Å². The summed E-state index contributed by atoms with van der Waals surface area (Å²) in [6.45, 7) is 6.55. The van der Waals surface area contributed by atoms with Crippen molar-refractivity contribution in [2.45, 2.75) is 52.7 Å². The standard InChI is InChI=1S/C18H21NO2.C3H9N/c1-2-3-7-15-10-11-18(17(12-15)19-14-20)21-13-16-8-5-4-6-9-16;1-3(2)4/h4-6,8-12,14H,2-3,7,13H2,1H3,(H,19,20);3H,4H2,1-2H3. The monoisotopic (exact) mass is 342 g/mol. The van der Waals surface area contributed by atoms with E-state index in [4.69, 9.17) is 10.5 Å². The molecule has 0 fully saturated rings. The first-order chi connectivity index (χ1) is 12.1. The summed E-state index contributed by atoms with van der Waals surface area (Å²) in [5.41, 5.74) is 8.16. The van der Waals surface area contributed by atoms with Gasteiger partial charge in [0.25, 0.3) is 0 Å². The predicted octanol–water partition coefficient (Wildman–Crippen LogP) is 4.53. The van der Waals surface area contributed by atoms with Gasteiger partial charge in [-0.05, 0) is 42.1 Å². The van der Waals surface area contributed by atoms with Gasteiger partial charge in [0, 0.05) is 0 Å². The number of ether oxygens (including phenoxy) is 1. The van der Waals surface area contributed by atoms with E-state index in [-0.39, 0.29) is 0 Å². The van der Waals surface area contributed by atoms with Crippen LogP contribution in [0.5, 0.6) is 5.75 Å². The fraction of sp³-hybridized carbons (Fsp3) is 0.381. The highest BCUT2D eigenvalue weighted by Crippen LogP contribution is 2.27. The molecule has 0 saturated carbocycles. The van der Waals surface area contributed by atoms with E-state index in [0.717, 1.165) is 30.5 Å². The summed E-state index contributed by atoms with van der Waals surface area (Å²) in [5, 5.41) is 2.72. The summed E-state index contributed by atoms with van der Waals surface area (Å²) in [7, 11) is 0. The van der Waals surface area contributed by atoms with Gasteiger partial charge >= 0.3 is 0 Å². The molecule has 2 aromatic carbocycles. The third-order valence-corrected chi connectivity index (χ3v) is 3.31. The van der Waals surface area contributed by atoms with Crippen molar-refractivity contribution in [3.8, 4) is 5.75 Å². The van der Waals surface area contributed by atoms with E-state index in [1.54, 1.807) is 0 Å². The van der Waals surface area contributed by atoms with E-state index in [2.05, 4.69) is 18.3 Å². The van der Waals surface area contributed by atoms with Gasteiger partial charge in [0.15, 0.2) is 0 Å². The topological polar surface area (TPSA) is 64.3 Å². The molecule has 0 aliphatic carbocycles. The highest BCUT2D eigenvalue weighted by molar-refractivity contribution is 5.75. The van der Waals surface area contributed by atoms with Crippen molar-refractivity contribution >= 4 is 12.1 Å². The Morgan fingerprint density at radius 2 is 1.80 bits per heavy atom. The zero-order valence-electron chi connectivity index (χ0n) is 15.5. The quantitative estimate of drug-likeness (QED) is 0.693. The summed E-state index contributed by atoms with van der Waals surface area (Å²) in [6.07, 6.45) is 4.00. The first kappa shape index (κ1) is 20.7.